The van der Waals surface area contributed by atoms with Crippen molar-refractivity contribution >= 4 is 27.7 Å². The number of carboxylic acid groups (broad SMARTS) is 1. The van der Waals surface area contributed by atoms with Crippen LogP contribution in [0, 0.1) is 5.41 Å². The number of aliphatic carboxylic acids is 1. The number of Topliss-reactive ketones (excluding diaryl/α,β-unsaturated/α-hetero) is 1. The fraction of sp³-hybridized carbons (Fsp3) is 0.462. The molecule has 0 fully saturated rings. The number of ether oxygens (including phenoxy) is 2. The molecule has 2 rings (SSSR count). The van der Waals surface area contributed by atoms with Crippen LogP contribution in [0.25, 0.3) is 0 Å². The summed E-state index contributed by atoms with van der Waals surface area (Å²) in [7, 11) is 0. The first-order chi connectivity index (χ1) is 16.0. The first kappa shape index (κ1) is 27.7. The number of phenolic OH excluding ortho intramolecular Hbond substituents is 1. The molecule has 0 heterocycles. The lowest BCUT2D eigenvalue weighted by molar-refractivity contribution is -0.153. The van der Waals surface area contributed by atoms with Gasteiger partial charge in [-0.3, -0.25) is 9.59 Å². The summed E-state index contributed by atoms with van der Waals surface area (Å²) in [5.74, 6) is -0.0489. The van der Waals surface area contributed by atoms with E-state index in [2.05, 4.69) is 15.9 Å². The highest BCUT2D eigenvalue weighted by Crippen LogP contribution is 2.33. The predicted octanol–water partition coefficient (Wildman–Crippen LogP) is 5.17. The van der Waals surface area contributed by atoms with E-state index >= 15 is 0 Å². The van der Waals surface area contributed by atoms with Crippen LogP contribution in [0.15, 0.2) is 34.8 Å². The average molecular weight is 537 g/mol. The van der Waals surface area contributed by atoms with E-state index in [1.807, 2.05) is 13.0 Å². The van der Waals surface area contributed by atoms with E-state index in [0.717, 1.165) is 12.0 Å². The Morgan fingerprint density at radius 3 is 2.26 bits per heavy atom. The van der Waals surface area contributed by atoms with E-state index in [0.29, 0.717) is 53.2 Å². The molecule has 0 bridgehead atoms. The molecule has 0 aliphatic carbocycles. The van der Waals surface area contributed by atoms with Gasteiger partial charge in [-0.05, 0) is 79.4 Å². The third kappa shape index (κ3) is 6.96. The smallest absolute Gasteiger partial charge is 0.311 e. The molecule has 186 valence electrons. The fourth-order valence-corrected chi connectivity index (χ4v) is 3.90. The van der Waals surface area contributed by atoms with Crippen LogP contribution in [0.4, 0.5) is 0 Å². The van der Waals surface area contributed by atoms with Crippen molar-refractivity contribution in [1.29, 1.82) is 0 Å². The van der Waals surface area contributed by atoms with Crippen LogP contribution in [0.2, 0.25) is 0 Å². The summed E-state index contributed by atoms with van der Waals surface area (Å²) in [4.78, 5) is 23.0. The average Bonchev–Trinajstić information content (AvgIpc) is 2.76. The van der Waals surface area contributed by atoms with Crippen molar-refractivity contribution in [2.75, 3.05) is 13.2 Å². The maximum Gasteiger partial charge on any atom is 0.311 e. The number of carbonyl (C=O) groups excluding carboxylic acids is 1. The van der Waals surface area contributed by atoms with Gasteiger partial charge in [-0.15, -0.1) is 0 Å². The normalized spacial score (nSPS) is 12.3. The number of rotatable bonds is 13. The molecule has 8 heteroatoms. The number of aliphatic hydroxyl groups is 1. The minimum atomic E-state index is -1.25. The van der Waals surface area contributed by atoms with Crippen molar-refractivity contribution in [3.63, 3.8) is 0 Å². The Balaban J connectivity index is 1.91. The molecule has 7 nitrogen and oxygen atoms in total. The molecule has 1 unspecified atom stereocenters. The molecule has 0 amide bonds. The van der Waals surface area contributed by atoms with Gasteiger partial charge in [-0.25, -0.2) is 0 Å². The van der Waals surface area contributed by atoms with E-state index in [1.165, 1.54) is 20.8 Å². The molecule has 0 spiro atoms. The topological polar surface area (TPSA) is 113 Å². The van der Waals surface area contributed by atoms with Gasteiger partial charge in [0, 0.05) is 12.0 Å². The Hall–Kier alpha value is -2.58. The van der Waals surface area contributed by atoms with Crippen LogP contribution in [0.1, 0.15) is 62.0 Å². The highest BCUT2D eigenvalue weighted by Gasteiger charge is 2.35. The first-order valence-electron chi connectivity index (χ1n) is 11.3. The zero-order chi connectivity index (χ0) is 25.5. The number of benzene rings is 2. The lowest BCUT2D eigenvalue weighted by Gasteiger charge is -2.26. The Labute approximate surface area is 208 Å². The van der Waals surface area contributed by atoms with E-state index in [1.54, 1.807) is 24.3 Å². The molecule has 0 aliphatic rings. The Morgan fingerprint density at radius 2 is 1.71 bits per heavy atom. The Morgan fingerprint density at radius 1 is 1.09 bits per heavy atom. The van der Waals surface area contributed by atoms with Gasteiger partial charge in [0.2, 0.25) is 0 Å². The van der Waals surface area contributed by atoms with Crippen LogP contribution < -0.4 is 9.47 Å². The second-order valence-corrected chi connectivity index (χ2v) is 9.66. The number of hydrogen-bond donors (Lipinski definition) is 3. The molecule has 0 saturated carbocycles. The molecule has 2 aromatic carbocycles. The van der Waals surface area contributed by atoms with Crippen LogP contribution in [0.5, 0.6) is 17.2 Å². The fourth-order valence-electron chi connectivity index (χ4n) is 3.36. The minimum absolute atomic E-state index is 0.0102. The van der Waals surface area contributed by atoms with Gasteiger partial charge in [0.25, 0.3) is 0 Å². The molecule has 0 aromatic heterocycles. The molecule has 1 atom stereocenters. The van der Waals surface area contributed by atoms with Gasteiger partial charge in [-0.2, -0.15) is 0 Å². The van der Waals surface area contributed by atoms with Crippen molar-refractivity contribution in [3.8, 4) is 17.2 Å². The number of carbonyl (C=O) groups is 2. The molecule has 0 saturated heterocycles. The second kappa shape index (κ2) is 12.2. The number of hydrogen-bond acceptors (Lipinski definition) is 6. The zero-order valence-corrected chi connectivity index (χ0v) is 21.6. The minimum Gasteiger partial charge on any atom is -0.507 e. The summed E-state index contributed by atoms with van der Waals surface area (Å²) in [5, 5.41) is 30.0. The van der Waals surface area contributed by atoms with E-state index in [4.69, 9.17) is 9.47 Å². The maximum absolute atomic E-state index is 11.7. The van der Waals surface area contributed by atoms with Crippen LogP contribution in [0.3, 0.4) is 0 Å². The van der Waals surface area contributed by atoms with Crippen molar-refractivity contribution < 1.29 is 34.4 Å². The van der Waals surface area contributed by atoms with Crippen LogP contribution in [-0.2, 0) is 17.6 Å². The SMILES string of the molecule is CCCc1c(OCCCOc2ccc(CC(O)C(C)(C)C(=O)O)cc2Br)ccc(C(C)=O)c1O. The Bertz CT molecular complexity index is 1020. The lowest BCUT2D eigenvalue weighted by atomic mass is 9.83. The lowest BCUT2D eigenvalue weighted by Crippen LogP contribution is -2.38. The molecule has 0 aliphatic heterocycles. The monoisotopic (exact) mass is 536 g/mol. The molecule has 0 radical (unpaired) electrons. The number of carboxylic acids is 1. The van der Waals surface area contributed by atoms with Gasteiger partial charge in [-0.1, -0.05) is 19.4 Å². The highest BCUT2D eigenvalue weighted by atomic mass is 79.9. The van der Waals surface area contributed by atoms with Crippen molar-refractivity contribution in [1.82, 2.24) is 0 Å². The third-order valence-electron chi connectivity index (χ3n) is 5.73. The standard InChI is InChI=1S/C26H33BrO7/c1-5-7-19-21(11-9-18(16(2)28)24(19)30)33-12-6-13-34-22-10-8-17(14-20(22)27)15-23(29)26(3,4)25(31)32/h8-11,14,23,29-30H,5-7,12-13,15H2,1-4H3,(H,31,32). The predicted molar refractivity (Wildman–Crippen MR) is 133 cm³/mol. The second-order valence-electron chi connectivity index (χ2n) is 8.81. The summed E-state index contributed by atoms with van der Waals surface area (Å²) in [6.45, 7) is 7.19. The molecule has 2 aromatic rings. The van der Waals surface area contributed by atoms with Gasteiger partial charge < -0.3 is 24.8 Å². The summed E-state index contributed by atoms with van der Waals surface area (Å²) < 4.78 is 12.4. The molecule has 3 N–H and O–H groups in total. The number of phenols is 1. The van der Waals surface area contributed by atoms with E-state index in [9.17, 15) is 24.9 Å². The quantitative estimate of drug-likeness (QED) is 0.239. The zero-order valence-electron chi connectivity index (χ0n) is 20.1. The van der Waals surface area contributed by atoms with Gasteiger partial charge in [0.15, 0.2) is 5.78 Å². The highest BCUT2D eigenvalue weighted by molar-refractivity contribution is 9.10. The van der Waals surface area contributed by atoms with Gasteiger partial charge in [0.05, 0.1) is 34.8 Å². The number of aliphatic hydroxyl groups excluding tert-OH is 1. The van der Waals surface area contributed by atoms with Crippen LogP contribution in [-0.4, -0.2) is 46.4 Å². The number of ketones is 1. The largest absolute Gasteiger partial charge is 0.507 e. The molecular weight excluding hydrogens is 504 g/mol. The van der Waals surface area contributed by atoms with Crippen molar-refractivity contribution in [2.45, 2.75) is 59.5 Å². The summed E-state index contributed by atoms with van der Waals surface area (Å²) in [5.41, 5.74) is 0.484. The van der Waals surface area contributed by atoms with Gasteiger partial charge >= 0.3 is 5.97 Å². The van der Waals surface area contributed by atoms with Crippen LogP contribution >= 0.6 is 15.9 Å². The summed E-state index contributed by atoms with van der Waals surface area (Å²) in [6.07, 6.45) is 1.20. The molecule has 34 heavy (non-hydrogen) atoms. The molecular formula is C26H33BrO7. The Kier molecular flexibility index (Phi) is 9.94. The van der Waals surface area contributed by atoms with Gasteiger partial charge in [0.1, 0.15) is 17.2 Å². The summed E-state index contributed by atoms with van der Waals surface area (Å²) >= 11 is 3.47. The van der Waals surface area contributed by atoms with Crippen molar-refractivity contribution in [3.05, 3.63) is 51.5 Å². The van der Waals surface area contributed by atoms with Crippen molar-refractivity contribution in [2.24, 2.45) is 5.41 Å². The maximum atomic E-state index is 11.7. The van der Waals surface area contributed by atoms with E-state index in [-0.39, 0.29) is 18.0 Å². The third-order valence-corrected chi connectivity index (χ3v) is 6.35. The summed E-state index contributed by atoms with van der Waals surface area (Å²) in [6, 6.07) is 8.68. The number of aromatic hydroxyl groups is 1. The van der Waals surface area contributed by atoms with E-state index < -0.39 is 17.5 Å². The number of halogens is 1. The first-order valence-corrected chi connectivity index (χ1v) is 12.1.